The predicted molar refractivity (Wildman–Crippen MR) is 79.4 cm³/mol. The molecule has 20 heavy (non-hydrogen) atoms. The summed E-state index contributed by atoms with van der Waals surface area (Å²) in [5.74, 6) is -0.138. The Bertz CT molecular complexity index is 437. The summed E-state index contributed by atoms with van der Waals surface area (Å²) in [6, 6.07) is -0.295. The number of carbonyl (C=O) groups is 1. The van der Waals surface area contributed by atoms with E-state index in [2.05, 4.69) is 0 Å². The average Bonchev–Trinajstić information content (AvgIpc) is 2.72. The molecule has 0 N–H and O–H groups in total. The number of ether oxygens (including phenoxy) is 1. The fourth-order valence-electron chi connectivity index (χ4n) is 2.21. The number of hydrogen-bond acceptors (Lipinski definition) is 5. The van der Waals surface area contributed by atoms with E-state index in [1.54, 1.807) is 13.8 Å². The van der Waals surface area contributed by atoms with Crippen LogP contribution in [0.3, 0.4) is 0 Å². The van der Waals surface area contributed by atoms with E-state index in [4.69, 9.17) is 4.74 Å². The van der Waals surface area contributed by atoms with E-state index in [1.165, 1.54) is 0 Å². The van der Waals surface area contributed by atoms with Gasteiger partial charge in [-0.25, -0.2) is 8.42 Å². The highest BCUT2D eigenvalue weighted by atomic mass is 32.2. The molecule has 0 aromatic rings. The van der Waals surface area contributed by atoms with Gasteiger partial charge in [-0.15, -0.1) is 0 Å². The van der Waals surface area contributed by atoms with Gasteiger partial charge in [0, 0.05) is 6.54 Å². The fourth-order valence-corrected chi connectivity index (χ4v) is 3.17. The van der Waals surface area contributed by atoms with Gasteiger partial charge in [0.1, 0.15) is 11.6 Å². The quantitative estimate of drug-likeness (QED) is 0.722. The summed E-state index contributed by atoms with van der Waals surface area (Å²) in [5, 5.41) is -0.370. The predicted octanol–water partition coefficient (Wildman–Crippen LogP) is 1.62. The molecule has 0 bridgehead atoms. The summed E-state index contributed by atoms with van der Waals surface area (Å²) in [7, 11) is -3.06. The lowest BCUT2D eigenvalue weighted by Gasteiger charge is -2.27. The highest BCUT2D eigenvalue weighted by Crippen LogP contribution is 2.21. The van der Waals surface area contributed by atoms with Crippen LogP contribution < -0.4 is 0 Å². The zero-order valence-corrected chi connectivity index (χ0v) is 14.0. The smallest absolute Gasteiger partial charge is 0.323 e. The van der Waals surface area contributed by atoms with Gasteiger partial charge in [-0.3, -0.25) is 9.69 Å². The summed E-state index contributed by atoms with van der Waals surface area (Å²) in [4.78, 5) is 14.1. The average molecular weight is 305 g/mol. The Morgan fingerprint density at radius 3 is 2.45 bits per heavy atom. The number of hydrogen-bond donors (Lipinski definition) is 0. The zero-order chi connectivity index (χ0) is 15.6. The van der Waals surface area contributed by atoms with Gasteiger partial charge in [0.15, 0.2) is 9.84 Å². The summed E-state index contributed by atoms with van der Waals surface area (Å²) < 4.78 is 29.1. The molecule has 0 aliphatic carbocycles. The van der Waals surface area contributed by atoms with E-state index >= 15 is 0 Å². The zero-order valence-electron chi connectivity index (χ0n) is 13.2. The Balaban J connectivity index is 2.60. The van der Waals surface area contributed by atoms with Gasteiger partial charge in [-0.2, -0.15) is 0 Å². The van der Waals surface area contributed by atoms with Crippen LogP contribution >= 0.6 is 0 Å². The maximum Gasteiger partial charge on any atom is 0.323 e. The molecular formula is C14H27NO4S. The van der Waals surface area contributed by atoms with Gasteiger partial charge in [-0.05, 0) is 54.0 Å². The summed E-state index contributed by atoms with van der Waals surface area (Å²) in [5.41, 5.74) is -0.505. The van der Waals surface area contributed by atoms with Gasteiger partial charge in [0.05, 0.1) is 11.0 Å². The van der Waals surface area contributed by atoms with Crippen LogP contribution in [0.25, 0.3) is 0 Å². The van der Waals surface area contributed by atoms with Crippen LogP contribution in [0.1, 0.15) is 47.5 Å². The molecule has 1 aliphatic rings. The molecule has 5 nitrogen and oxygen atoms in total. The van der Waals surface area contributed by atoms with Crippen molar-refractivity contribution in [1.82, 2.24) is 4.90 Å². The third kappa shape index (κ3) is 5.05. The van der Waals surface area contributed by atoms with E-state index in [0.29, 0.717) is 6.54 Å². The van der Waals surface area contributed by atoms with Crippen LogP contribution in [0.5, 0.6) is 0 Å². The van der Waals surface area contributed by atoms with Gasteiger partial charge >= 0.3 is 5.97 Å². The summed E-state index contributed by atoms with van der Waals surface area (Å²) in [6.45, 7) is 10.1. The summed E-state index contributed by atoms with van der Waals surface area (Å²) >= 11 is 0. The molecule has 0 radical (unpaired) electrons. The number of sulfone groups is 1. The van der Waals surface area contributed by atoms with Crippen molar-refractivity contribution in [3.63, 3.8) is 0 Å². The van der Waals surface area contributed by atoms with Crippen LogP contribution in [0.2, 0.25) is 0 Å². The molecule has 0 saturated carbocycles. The number of esters is 1. The Hall–Kier alpha value is -0.620. The molecule has 0 aromatic heterocycles. The third-order valence-corrected chi connectivity index (χ3v) is 5.61. The minimum Gasteiger partial charge on any atom is -0.459 e. The van der Waals surface area contributed by atoms with Crippen molar-refractivity contribution in [2.75, 3.05) is 18.8 Å². The first-order valence-corrected chi connectivity index (χ1v) is 8.93. The van der Waals surface area contributed by atoms with Crippen molar-refractivity contribution in [3.8, 4) is 0 Å². The lowest BCUT2D eigenvalue weighted by molar-refractivity contribution is -0.160. The molecule has 0 amide bonds. The second-order valence-electron chi connectivity index (χ2n) is 6.64. The lowest BCUT2D eigenvalue weighted by Crippen LogP contribution is -2.42. The molecule has 1 atom stereocenters. The first kappa shape index (κ1) is 17.4. The maximum absolute atomic E-state index is 12.1. The Morgan fingerprint density at radius 2 is 1.95 bits per heavy atom. The van der Waals surface area contributed by atoms with Gasteiger partial charge < -0.3 is 4.74 Å². The number of carbonyl (C=O) groups excluding carboxylic acids is 1. The lowest BCUT2D eigenvalue weighted by atomic mass is 10.1. The number of rotatable bonds is 5. The summed E-state index contributed by atoms with van der Waals surface area (Å²) in [6.07, 6.45) is 1.66. The molecule has 1 fully saturated rings. The van der Waals surface area contributed by atoms with Crippen LogP contribution in [-0.2, 0) is 19.4 Å². The SMILES string of the molecule is CC(C)S(=O)(=O)CCN1CCC[C@H]1C(=O)OC(C)(C)C. The molecular weight excluding hydrogens is 278 g/mol. The van der Waals surface area contributed by atoms with Crippen LogP contribution in [0, 0.1) is 0 Å². The van der Waals surface area contributed by atoms with E-state index in [0.717, 1.165) is 19.4 Å². The molecule has 6 heteroatoms. The van der Waals surface area contributed by atoms with Crippen LogP contribution in [-0.4, -0.2) is 55.0 Å². The van der Waals surface area contributed by atoms with E-state index in [-0.39, 0.29) is 23.0 Å². The van der Waals surface area contributed by atoms with E-state index < -0.39 is 15.4 Å². The van der Waals surface area contributed by atoms with Crippen molar-refractivity contribution < 1.29 is 17.9 Å². The minimum absolute atomic E-state index is 0.101. The maximum atomic E-state index is 12.1. The van der Waals surface area contributed by atoms with Crippen molar-refractivity contribution in [2.24, 2.45) is 0 Å². The second kappa shape index (κ2) is 6.43. The Kier molecular flexibility index (Phi) is 5.61. The van der Waals surface area contributed by atoms with Crippen LogP contribution in [0.15, 0.2) is 0 Å². The third-order valence-electron chi connectivity index (χ3n) is 3.42. The number of nitrogens with zero attached hydrogens (tertiary/aromatic N) is 1. The van der Waals surface area contributed by atoms with Crippen molar-refractivity contribution in [1.29, 1.82) is 0 Å². The van der Waals surface area contributed by atoms with Gasteiger partial charge in [0.25, 0.3) is 0 Å². The minimum atomic E-state index is -3.06. The van der Waals surface area contributed by atoms with Crippen LogP contribution in [0.4, 0.5) is 0 Å². The molecule has 118 valence electrons. The topological polar surface area (TPSA) is 63.7 Å². The molecule has 0 unspecified atom stereocenters. The Morgan fingerprint density at radius 1 is 1.35 bits per heavy atom. The molecule has 1 rings (SSSR count). The van der Waals surface area contributed by atoms with Crippen molar-refractivity contribution in [3.05, 3.63) is 0 Å². The second-order valence-corrected chi connectivity index (χ2v) is 9.32. The molecule has 1 heterocycles. The normalized spacial score (nSPS) is 21.4. The van der Waals surface area contributed by atoms with Crippen molar-refractivity contribution >= 4 is 15.8 Å². The number of likely N-dealkylation sites (tertiary alicyclic amines) is 1. The standard InChI is InChI=1S/C14H27NO4S/c1-11(2)20(17,18)10-9-15-8-6-7-12(15)13(16)19-14(3,4)5/h11-12H,6-10H2,1-5H3/t12-/m0/s1. The molecule has 1 aliphatic heterocycles. The first-order valence-electron chi connectivity index (χ1n) is 7.21. The van der Waals surface area contributed by atoms with Crippen molar-refractivity contribution in [2.45, 2.75) is 64.4 Å². The largest absolute Gasteiger partial charge is 0.459 e. The Labute approximate surface area is 122 Å². The van der Waals surface area contributed by atoms with Gasteiger partial charge in [0.2, 0.25) is 0 Å². The molecule has 1 saturated heterocycles. The highest BCUT2D eigenvalue weighted by Gasteiger charge is 2.34. The van der Waals surface area contributed by atoms with E-state index in [9.17, 15) is 13.2 Å². The fraction of sp³-hybridized carbons (Fsp3) is 0.929. The molecule has 0 spiro atoms. The first-order chi connectivity index (χ1) is 9.03. The monoisotopic (exact) mass is 305 g/mol. The molecule has 0 aromatic carbocycles. The van der Waals surface area contributed by atoms with E-state index in [1.807, 2.05) is 25.7 Å². The highest BCUT2D eigenvalue weighted by molar-refractivity contribution is 7.92. The van der Waals surface area contributed by atoms with Gasteiger partial charge in [-0.1, -0.05) is 0 Å².